The minimum absolute atomic E-state index is 0.283. The standard InChI is InChI=1S/C17H20ClN3/c1-19-16(17-13(18)9-20-21(17)2)15-12-8-7-10-5-3-4-6-11(10)14(12)15/h3-6,9,12,14-16,19H,7-8H2,1-2H3. The lowest BCUT2D eigenvalue weighted by molar-refractivity contribution is 0.455. The molecule has 0 radical (unpaired) electrons. The van der Waals surface area contributed by atoms with Gasteiger partial charge in [-0.2, -0.15) is 5.10 Å². The quantitative estimate of drug-likeness (QED) is 0.942. The molecule has 2 aliphatic rings. The minimum atomic E-state index is 0.283. The van der Waals surface area contributed by atoms with Crippen molar-refractivity contribution in [1.82, 2.24) is 15.1 Å². The van der Waals surface area contributed by atoms with Crippen LogP contribution < -0.4 is 5.32 Å². The third-order valence-corrected chi connectivity index (χ3v) is 5.61. The van der Waals surface area contributed by atoms with Gasteiger partial charge in [0.2, 0.25) is 0 Å². The van der Waals surface area contributed by atoms with Crippen molar-refractivity contribution in [3.8, 4) is 0 Å². The van der Waals surface area contributed by atoms with E-state index in [2.05, 4.69) is 34.7 Å². The van der Waals surface area contributed by atoms with Crippen LogP contribution in [0.1, 0.15) is 35.2 Å². The lowest BCUT2D eigenvalue weighted by Gasteiger charge is -2.18. The predicted molar refractivity (Wildman–Crippen MR) is 84.5 cm³/mol. The normalized spacial score (nSPS) is 27.9. The summed E-state index contributed by atoms with van der Waals surface area (Å²) in [5, 5.41) is 8.56. The Labute approximate surface area is 130 Å². The van der Waals surface area contributed by atoms with E-state index in [1.807, 2.05) is 18.8 Å². The number of halogens is 1. The van der Waals surface area contributed by atoms with E-state index in [0.717, 1.165) is 16.6 Å². The summed E-state index contributed by atoms with van der Waals surface area (Å²) in [6, 6.07) is 9.20. The van der Waals surface area contributed by atoms with E-state index in [9.17, 15) is 0 Å². The van der Waals surface area contributed by atoms with E-state index in [1.165, 1.54) is 18.4 Å². The van der Waals surface area contributed by atoms with Gasteiger partial charge < -0.3 is 5.32 Å². The number of aryl methyl sites for hydroxylation is 2. The van der Waals surface area contributed by atoms with Crippen molar-refractivity contribution in [1.29, 1.82) is 0 Å². The lowest BCUT2D eigenvalue weighted by Crippen LogP contribution is -2.22. The molecule has 0 amide bonds. The first kappa shape index (κ1) is 13.4. The van der Waals surface area contributed by atoms with Gasteiger partial charge in [0.25, 0.3) is 0 Å². The summed E-state index contributed by atoms with van der Waals surface area (Å²) < 4.78 is 1.92. The molecule has 0 spiro atoms. The molecule has 4 heteroatoms. The Morgan fingerprint density at radius 3 is 2.90 bits per heavy atom. The van der Waals surface area contributed by atoms with Gasteiger partial charge in [-0.15, -0.1) is 0 Å². The molecule has 1 aromatic heterocycles. The Morgan fingerprint density at radius 2 is 2.19 bits per heavy atom. The number of aromatic nitrogens is 2. The van der Waals surface area contributed by atoms with Crippen LogP contribution in [0.4, 0.5) is 0 Å². The summed E-state index contributed by atoms with van der Waals surface area (Å²) in [6.07, 6.45) is 4.25. The van der Waals surface area contributed by atoms with Gasteiger partial charge in [0.1, 0.15) is 0 Å². The van der Waals surface area contributed by atoms with Gasteiger partial charge in [0.15, 0.2) is 0 Å². The molecule has 1 N–H and O–H groups in total. The van der Waals surface area contributed by atoms with Crippen LogP contribution in [0.15, 0.2) is 30.5 Å². The molecule has 4 rings (SSSR count). The number of nitrogens with zero attached hydrogens (tertiary/aromatic N) is 2. The Balaban J connectivity index is 1.70. The molecule has 1 saturated carbocycles. The maximum atomic E-state index is 6.36. The summed E-state index contributed by atoms with van der Waals surface area (Å²) in [5.74, 6) is 2.09. The zero-order chi connectivity index (χ0) is 14.6. The minimum Gasteiger partial charge on any atom is -0.311 e. The van der Waals surface area contributed by atoms with E-state index in [1.54, 1.807) is 11.8 Å². The fourth-order valence-electron chi connectivity index (χ4n) is 4.36. The number of fused-ring (bicyclic) bond motifs is 3. The average Bonchev–Trinajstić information content (AvgIpc) is 3.15. The maximum absolute atomic E-state index is 6.36. The highest BCUT2D eigenvalue weighted by atomic mass is 35.5. The zero-order valence-corrected chi connectivity index (χ0v) is 13.1. The molecule has 21 heavy (non-hydrogen) atoms. The molecule has 2 aromatic rings. The Bertz CT molecular complexity index is 659. The van der Waals surface area contributed by atoms with Crippen LogP contribution >= 0.6 is 11.6 Å². The van der Waals surface area contributed by atoms with Crippen LogP contribution in [0.25, 0.3) is 0 Å². The van der Waals surface area contributed by atoms with Gasteiger partial charge in [-0.3, -0.25) is 4.68 Å². The molecule has 4 unspecified atom stereocenters. The molecular weight excluding hydrogens is 282 g/mol. The molecule has 2 aliphatic carbocycles. The highest BCUT2D eigenvalue weighted by molar-refractivity contribution is 6.31. The molecule has 0 bridgehead atoms. The average molecular weight is 302 g/mol. The molecule has 1 heterocycles. The van der Waals surface area contributed by atoms with Crippen LogP contribution in [0.5, 0.6) is 0 Å². The van der Waals surface area contributed by atoms with Crippen LogP contribution in [-0.2, 0) is 13.5 Å². The van der Waals surface area contributed by atoms with Crippen LogP contribution in [0, 0.1) is 11.8 Å². The summed E-state index contributed by atoms with van der Waals surface area (Å²) in [7, 11) is 4.01. The Kier molecular flexibility index (Phi) is 3.09. The molecule has 0 saturated heterocycles. The van der Waals surface area contributed by atoms with Crippen molar-refractivity contribution < 1.29 is 0 Å². The molecular formula is C17H20ClN3. The predicted octanol–water partition coefficient (Wildman–Crippen LogP) is 3.31. The zero-order valence-electron chi connectivity index (χ0n) is 12.4. The fourth-order valence-corrected chi connectivity index (χ4v) is 4.64. The number of hydrogen-bond acceptors (Lipinski definition) is 2. The number of nitrogens with one attached hydrogen (secondary N) is 1. The van der Waals surface area contributed by atoms with E-state index >= 15 is 0 Å². The van der Waals surface area contributed by atoms with E-state index in [4.69, 9.17) is 11.6 Å². The van der Waals surface area contributed by atoms with Crippen molar-refractivity contribution in [2.24, 2.45) is 18.9 Å². The van der Waals surface area contributed by atoms with Gasteiger partial charge in [-0.1, -0.05) is 35.9 Å². The molecule has 1 fully saturated rings. The van der Waals surface area contributed by atoms with Crippen molar-refractivity contribution in [2.75, 3.05) is 7.05 Å². The Morgan fingerprint density at radius 1 is 1.38 bits per heavy atom. The molecule has 110 valence electrons. The molecule has 3 nitrogen and oxygen atoms in total. The van der Waals surface area contributed by atoms with Gasteiger partial charge in [-0.05, 0) is 48.8 Å². The topological polar surface area (TPSA) is 29.9 Å². The first-order valence-corrected chi connectivity index (χ1v) is 8.02. The van der Waals surface area contributed by atoms with Crippen molar-refractivity contribution in [2.45, 2.75) is 24.8 Å². The SMILES string of the molecule is CNC(c1c(Cl)cnn1C)C1C2CCc3ccccc3C21. The fraction of sp³-hybridized carbons (Fsp3) is 0.471. The summed E-state index contributed by atoms with van der Waals surface area (Å²) in [4.78, 5) is 0. The van der Waals surface area contributed by atoms with Gasteiger partial charge in [0.05, 0.1) is 23.0 Å². The Hall–Kier alpha value is -1.32. The number of hydrogen-bond donors (Lipinski definition) is 1. The first-order chi connectivity index (χ1) is 10.2. The second-order valence-electron chi connectivity index (χ2n) is 6.27. The van der Waals surface area contributed by atoms with Crippen molar-refractivity contribution >= 4 is 11.6 Å². The summed E-state index contributed by atoms with van der Waals surface area (Å²) in [6.45, 7) is 0. The monoisotopic (exact) mass is 301 g/mol. The van der Waals surface area contributed by atoms with Crippen LogP contribution in [0.3, 0.4) is 0 Å². The second kappa shape index (κ2) is 4.85. The first-order valence-electron chi connectivity index (χ1n) is 7.65. The highest BCUT2D eigenvalue weighted by Crippen LogP contribution is 2.64. The van der Waals surface area contributed by atoms with Crippen LogP contribution in [0.2, 0.25) is 5.02 Å². The lowest BCUT2D eigenvalue weighted by atomic mass is 9.92. The van der Waals surface area contributed by atoms with Gasteiger partial charge in [0, 0.05) is 7.05 Å². The van der Waals surface area contributed by atoms with Gasteiger partial charge >= 0.3 is 0 Å². The number of benzene rings is 1. The third kappa shape index (κ3) is 1.95. The van der Waals surface area contributed by atoms with E-state index in [-0.39, 0.29) is 6.04 Å². The van der Waals surface area contributed by atoms with E-state index in [0.29, 0.717) is 11.8 Å². The second-order valence-corrected chi connectivity index (χ2v) is 6.68. The molecule has 4 atom stereocenters. The molecule has 0 aliphatic heterocycles. The smallest absolute Gasteiger partial charge is 0.0834 e. The summed E-state index contributed by atoms with van der Waals surface area (Å²) >= 11 is 6.36. The molecule has 1 aromatic carbocycles. The van der Waals surface area contributed by atoms with Crippen molar-refractivity contribution in [3.63, 3.8) is 0 Å². The maximum Gasteiger partial charge on any atom is 0.0834 e. The largest absolute Gasteiger partial charge is 0.311 e. The van der Waals surface area contributed by atoms with E-state index < -0.39 is 0 Å². The van der Waals surface area contributed by atoms with Crippen LogP contribution in [-0.4, -0.2) is 16.8 Å². The van der Waals surface area contributed by atoms with Crippen molar-refractivity contribution in [3.05, 3.63) is 52.3 Å². The number of rotatable bonds is 3. The third-order valence-electron chi connectivity index (χ3n) is 5.32. The van der Waals surface area contributed by atoms with Gasteiger partial charge in [-0.25, -0.2) is 0 Å². The highest BCUT2D eigenvalue weighted by Gasteiger charge is 2.57. The summed E-state index contributed by atoms with van der Waals surface area (Å²) in [5.41, 5.74) is 4.21.